The Hall–Kier alpha value is -1.24. The van der Waals surface area contributed by atoms with Gasteiger partial charge in [0.25, 0.3) is 5.69 Å². The second-order valence-corrected chi connectivity index (χ2v) is 6.52. The number of nitrogens with one attached hydrogen (secondary N) is 1. The summed E-state index contributed by atoms with van der Waals surface area (Å²) in [5.41, 5.74) is 1.93. The third-order valence-electron chi connectivity index (χ3n) is 3.21. The van der Waals surface area contributed by atoms with Gasteiger partial charge < -0.3 is 5.32 Å². The largest absolute Gasteiger partial charge is 0.306 e. The summed E-state index contributed by atoms with van der Waals surface area (Å²) in [4.78, 5) is 10.7. The van der Waals surface area contributed by atoms with Gasteiger partial charge in [-0.1, -0.05) is 44.0 Å². The topological polar surface area (TPSA) is 55.2 Å². The SMILES string of the molecule is C[C@H](NCc1cc(Br)ccc1[N+](=O)[O-])c1ccc(Br)cc1. The fourth-order valence-electron chi connectivity index (χ4n) is 2.01. The van der Waals surface area contributed by atoms with Crippen molar-refractivity contribution in [1.29, 1.82) is 0 Å². The van der Waals surface area contributed by atoms with Crippen molar-refractivity contribution < 1.29 is 4.92 Å². The van der Waals surface area contributed by atoms with Crippen LogP contribution in [0.3, 0.4) is 0 Å². The van der Waals surface area contributed by atoms with Gasteiger partial charge >= 0.3 is 0 Å². The Morgan fingerprint density at radius 1 is 1.14 bits per heavy atom. The predicted octanol–water partition coefficient (Wildman–Crippen LogP) is 4.97. The summed E-state index contributed by atoms with van der Waals surface area (Å²) in [7, 11) is 0. The molecule has 6 heteroatoms. The molecule has 0 heterocycles. The lowest BCUT2D eigenvalue weighted by Gasteiger charge is -2.14. The quantitative estimate of drug-likeness (QED) is 0.556. The summed E-state index contributed by atoms with van der Waals surface area (Å²) in [6, 6.07) is 13.1. The number of nitro groups is 1. The highest BCUT2D eigenvalue weighted by atomic mass is 79.9. The van der Waals surface area contributed by atoms with Crippen LogP contribution < -0.4 is 5.32 Å². The molecule has 0 aromatic heterocycles. The van der Waals surface area contributed by atoms with E-state index in [9.17, 15) is 10.1 Å². The molecule has 2 aromatic carbocycles. The van der Waals surface area contributed by atoms with Crippen molar-refractivity contribution in [3.8, 4) is 0 Å². The zero-order valence-electron chi connectivity index (χ0n) is 11.3. The standard InChI is InChI=1S/C15H14Br2N2O2/c1-10(11-2-4-13(16)5-3-11)18-9-12-8-14(17)6-7-15(12)19(20)21/h2-8,10,18H,9H2,1H3/t10-/m0/s1. The van der Waals surface area contributed by atoms with Crippen molar-refractivity contribution in [2.75, 3.05) is 0 Å². The Kier molecular flexibility index (Phi) is 5.50. The number of hydrogen-bond donors (Lipinski definition) is 1. The fourth-order valence-corrected chi connectivity index (χ4v) is 2.68. The summed E-state index contributed by atoms with van der Waals surface area (Å²) in [6.45, 7) is 2.47. The first-order valence-electron chi connectivity index (χ1n) is 6.39. The van der Waals surface area contributed by atoms with E-state index in [1.807, 2.05) is 31.2 Å². The molecule has 0 aliphatic rings. The summed E-state index contributed by atoms with van der Waals surface area (Å²) >= 11 is 6.75. The lowest BCUT2D eigenvalue weighted by molar-refractivity contribution is -0.385. The molecule has 1 atom stereocenters. The van der Waals surface area contributed by atoms with Gasteiger partial charge in [0.05, 0.1) is 4.92 Å². The summed E-state index contributed by atoms with van der Waals surface area (Å²) in [6.07, 6.45) is 0. The van der Waals surface area contributed by atoms with Crippen LogP contribution in [0.4, 0.5) is 5.69 Å². The number of nitro benzene ring substituents is 1. The van der Waals surface area contributed by atoms with Crippen molar-refractivity contribution in [3.63, 3.8) is 0 Å². The first kappa shape index (κ1) is 16.1. The van der Waals surface area contributed by atoms with E-state index in [4.69, 9.17) is 0 Å². The minimum atomic E-state index is -0.353. The molecule has 110 valence electrons. The highest BCUT2D eigenvalue weighted by Gasteiger charge is 2.14. The zero-order valence-corrected chi connectivity index (χ0v) is 14.5. The van der Waals surface area contributed by atoms with Crippen LogP contribution in [-0.4, -0.2) is 4.92 Å². The van der Waals surface area contributed by atoms with Gasteiger partial charge in [0.1, 0.15) is 0 Å². The number of benzene rings is 2. The summed E-state index contributed by atoms with van der Waals surface area (Å²) in [5.74, 6) is 0. The molecule has 21 heavy (non-hydrogen) atoms. The monoisotopic (exact) mass is 412 g/mol. The highest BCUT2D eigenvalue weighted by molar-refractivity contribution is 9.10. The molecule has 0 radical (unpaired) electrons. The van der Waals surface area contributed by atoms with Gasteiger partial charge in [0.2, 0.25) is 0 Å². The van der Waals surface area contributed by atoms with Crippen molar-refractivity contribution >= 4 is 37.5 Å². The van der Waals surface area contributed by atoms with Gasteiger partial charge in [-0.25, -0.2) is 0 Å². The van der Waals surface area contributed by atoms with Crippen molar-refractivity contribution in [2.24, 2.45) is 0 Å². The van der Waals surface area contributed by atoms with E-state index in [0.29, 0.717) is 12.1 Å². The minimum Gasteiger partial charge on any atom is -0.306 e. The van der Waals surface area contributed by atoms with E-state index >= 15 is 0 Å². The number of halogens is 2. The zero-order chi connectivity index (χ0) is 15.4. The van der Waals surface area contributed by atoms with Gasteiger partial charge in [0, 0.05) is 33.2 Å². The van der Waals surface area contributed by atoms with Crippen LogP contribution >= 0.6 is 31.9 Å². The lowest BCUT2D eigenvalue weighted by Crippen LogP contribution is -2.18. The Morgan fingerprint density at radius 3 is 2.38 bits per heavy atom. The molecule has 2 rings (SSSR count). The van der Waals surface area contributed by atoms with Crippen LogP contribution in [0.2, 0.25) is 0 Å². The number of nitrogens with zero attached hydrogens (tertiary/aromatic N) is 1. The lowest BCUT2D eigenvalue weighted by atomic mass is 10.1. The van der Waals surface area contributed by atoms with Gasteiger partial charge in [0.15, 0.2) is 0 Å². The number of rotatable bonds is 5. The highest BCUT2D eigenvalue weighted by Crippen LogP contribution is 2.24. The van der Waals surface area contributed by atoms with Gasteiger partial charge in [-0.3, -0.25) is 10.1 Å². The van der Waals surface area contributed by atoms with Crippen LogP contribution in [0.5, 0.6) is 0 Å². The van der Waals surface area contributed by atoms with E-state index in [-0.39, 0.29) is 16.7 Å². The summed E-state index contributed by atoms with van der Waals surface area (Å²) < 4.78 is 1.86. The normalized spacial score (nSPS) is 12.1. The maximum absolute atomic E-state index is 11.0. The van der Waals surface area contributed by atoms with E-state index in [1.54, 1.807) is 12.1 Å². The van der Waals surface area contributed by atoms with Crippen molar-refractivity contribution in [2.45, 2.75) is 19.5 Å². The number of hydrogen-bond acceptors (Lipinski definition) is 3. The maximum atomic E-state index is 11.0. The molecule has 0 fully saturated rings. The molecular formula is C15H14Br2N2O2. The molecule has 0 saturated carbocycles. The first-order chi connectivity index (χ1) is 9.97. The van der Waals surface area contributed by atoms with E-state index in [0.717, 1.165) is 14.5 Å². The van der Waals surface area contributed by atoms with E-state index in [2.05, 4.69) is 37.2 Å². The van der Waals surface area contributed by atoms with Crippen LogP contribution in [0.1, 0.15) is 24.1 Å². The molecule has 0 saturated heterocycles. The minimum absolute atomic E-state index is 0.108. The third kappa shape index (κ3) is 4.36. The Morgan fingerprint density at radius 2 is 1.76 bits per heavy atom. The molecule has 0 spiro atoms. The Bertz CT molecular complexity index is 645. The third-order valence-corrected chi connectivity index (χ3v) is 4.23. The van der Waals surface area contributed by atoms with Crippen LogP contribution in [0, 0.1) is 10.1 Å². The molecule has 0 amide bonds. The van der Waals surface area contributed by atoms with Gasteiger partial charge in [-0.05, 0) is 36.8 Å². The summed E-state index contributed by atoms with van der Waals surface area (Å²) in [5, 5.41) is 14.4. The first-order valence-corrected chi connectivity index (χ1v) is 7.97. The molecule has 2 aromatic rings. The average Bonchev–Trinajstić information content (AvgIpc) is 2.45. The van der Waals surface area contributed by atoms with Gasteiger partial charge in [-0.15, -0.1) is 0 Å². The van der Waals surface area contributed by atoms with E-state index in [1.165, 1.54) is 6.07 Å². The molecular weight excluding hydrogens is 400 g/mol. The van der Waals surface area contributed by atoms with Crippen LogP contribution in [-0.2, 0) is 6.54 Å². The molecule has 0 unspecified atom stereocenters. The van der Waals surface area contributed by atoms with Crippen molar-refractivity contribution in [1.82, 2.24) is 5.32 Å². The predicted molar refractivity (Wildman–Crippen MR) is 90.2 cm³/mol. The smallest absolute Gasteiger partial charge is 0.273 e. The Balaban J connectivity index is 2.10. The molecule has 0 aliphatic heterocycles. The average molecular weight is 414 g/mol. The Labute approximate surface area is 140 Å². The van der Waals surface area contributed by atoms with Crippen LogP contribution in [0.25, 0.3) is 0 Å². The van der Waals surface area contributed by atoms with Crippen LogP contribution in [0.15, 0.2) is 51.4 Å². The fraction of sp³-hybridized carbons (Fsp3) is 0.200. The van der Waals surface area contributed by atoms with E-state index < -0.39 is 0 Å². The maximum Gasteiger partial charge on any atom is 0.273 e. The molecule has 4 nitrogen and oxygen atoms in total. The second kappa shape index (κ2) is 7.15. The molecule has 0 aliphatic carbocycles. The van der Waals surface area contributed by atoms with Gasteiger partial charge in [-0.2, -0.15) is 0 Å². The molecule has 1 N–H and O–H groups in total. The van der Waals surface area contributed by atoms with Crippen molar-refractivity contribution in [3.05, 3.63) is 72.7 Å². The molecule has 0 bridgehead atoms. The second-order valence-electron chi connectivity index (χ2n) is 4.68.